The summed E-state index contributed by atoms with van der Waals surface area (Å²) in [4.78, 5) is 25.2. The lowest BCUT2D eigenvalue weighted by Crippen LogP contribution is -2.33. The molecule has 0 aliphatic rings. The molecular weight excluding hydrogens is 438 g/mol. The highest BCUT2D eigenvalue weighted by Gasteiger charge is 2.25. The van der Waals surface area contributed by atoms with Crippen molar-refractivity contribution in [1.29, 1.82) is 0 Å². The number of anilines is 1. The molecule has 9 heteroatoms. The molecule has 174 valence electrons. The zero-order chi connectivity index (χ0) is 24.0. The lowest BCUT2D eigenvalue weighted by molar-refractivity contribution is -0.113. The van der Waals surface area contributed by atoms with Crippen LogP contribution in [0.25, 0.3) is 0 Å². The van der Waals surface area contributed by atoms with Gasteiger partial charge >= 0.3 is 0 Å². The van der Waals surface area contributed by atoms with Gasteiger partial charge in [-0.3, -0.25) is 9.59 Å². The maximum Gasteiger partial charge on any atom is 0.251 e. The van der Waals surface area contributed by atoms with Crippen LogP contribution in [0.3, 0.4) is 0 Å². The van der Waals surface area contributed by atoms with Gasteiger partial charge in [-0.2, -0.15) is 0 Å². The fourth-order valence-electron chi connectivity index (χ4n) is 3.29. The van der Waals surface area contributed by atoms with Crippen LogP contribution >= 0.6 is 11.8 Å². The molecule has 0 fully saturated rings. The monoisotopic (exact) mass is 467 g/mol. The molecule has 2 amide bonds. The van der Waals surface area contributed by atoms with Crippen LogP contribution in [0.2, 0.25) is 0 Å². The van der Waals surface area contributed by atoms with Crippen LogP contribution in [-0.4, -0.2) is 39.4 Å². The molecule has 33 heavy (non-hydrogen) atoms. The molecule has 3 aromatic rings. The normalized spacial score (nSPS) is 11.8. The molecule has 1 aromatic heterocycles. The van der Waals surface area contributed by atoms with E-state index in [4.69, 9.17) is 4.74 Å². The standard InChI is InChI=1S/C24H29N5O3S/c1-15(2)21(26-23(31)17-9-6-8-16(3)12-17)22-27-28-24(29(22)4)33-14-20(30)25-18-10-7-11-19(13-18)32-5/h6-13,15,21H,14H2,1-5H3,(H,25,30)(H,26,31)/t21-/m0/s1. The lowest BCUT2D eigenvalue weighted by Gasteiger charge is -2.21. The first kappa shape index (κ1) is 24.3. The average molecular weight is 468 g/mol. The summed E-state index contributed by atoms with van der Waals surface area (Å²) in [5.74, 6) is 1.26. The predicted molar refractivity (Wildman–Crippen MR) is 130 cm³/mol. The average Bonchev–Trinajstić information content (AvgIpc) is 3.15. The second-order valence-corrected chi connectivity index (χ2v) is 8.98. The van der Waals surface area contributed by atoms with Gasteiger partial charge in [0.15, 0.2) is 11.0 Å². The number of aryl methyl sites for hydroxylation is 1. The number of methoxy groups -OCH3 is 1. The van der Waals surface area contributed by atoms with Gasteiger partial charge in [-0.05, 0) is 37.1 Å². The minimum Gasteiger partial charge on any atom is -0.497 e. The van der Waals surface area contributed by atoms with Gasteiger partial charge in [-0.1, -0.05) is 49.4 Å². The van der Waals surface area contributed by atoms with Gasteiger partial charge in [0.2, 0.25) is 5.91 Å². The summed E-state index contributed by atoms with van der Waals surface area (Å²) in [6.07, 6.45) is 0. The molecule has 0 saturated heterocycles. The van der Waals surface area contributed by atoms with Crippen molar-refractivity contribution < 1.29 is 14.3 Å². The molecule has 0 bridgehead atoms. The molecule has 3 rings (SSSR count). The smallest absolute Gasteiger partial charge is 0.251 e. The fraction of sp³-hybridized carbons (Fsp3) is 0.333. The molecular formula is C24H29N5O3S. The van der Waals surface area contributed by atoms with E-state index in [1.807, 2.05) is 62.7 Å². The summed E-state index contributed by atoms with van der Waals surface area (Å²) in [7, 11) is 3.42. The number of amides is 2. The summed E-state index contributed by atoms with van der Waals surface area (Å²) >= 11 is 1.28. The van der Waals surface area contributed by atoms with Crippen LogP contribution in [0.5, 0.6) is 5.75 Å². The molecule has 2 N–H and O–H groups in total. The number of carbonyl (C=O) groups excluding carboxylic acids is 2. The first-order valence-corrected chi connectivity index (χ1v) is 11.6. The zero-order valence-electron chi connectivity index (χ0n) is 19.5. The quantitative estimate of drug-likeness (QED) is 0.462. The Balaban J connectivity index is 1.66. The molecule has 1 heterocycles. The molecule has 2 aromatic carbocycles. The Labute approximate surface area is 198 Å². The second kappa shape index (κ2) is 11.0. The maximum absolute atomic E-state index is 12.8. The molecule has 0 aliphatic carbocycles. The van der Waals surface area contributed by atoms with E-state index in [1.165, 1.54) is 11.8 Å². The van der Waals surface area contributed by atoms with E-state index in [2.05, 4.69) is 20.8 Å². The number of hydrogen-bond donors (Lipinski definition) is 2. The second-order valence-electron chi connectivity index (χ2n) is 8.03. The number of hydrogen-bond acceptors (Lipinski definition) is 6. The predicted octanol–water partition coefficient (Wildman–Crippen LogP) is 3.99. The Kier molecular flexibility index (Phi) is 8.11. The number of carbonyl (C=O) groups is 2. The van der Waals surface area contributed by atoms with E-state index in [-0.39, 0.29) is 29.5 Å². The molecule has 0 unspecified atom stereocenters. The topological polar surface area (TPSA) is 98.1 Å². The number of nitrogens with one attached hydrogen (secondary N) is 2. The molecule has 0 radical (unpaired) electrons. The van der Waals surface area contributed by atoms with E-state index in [0.29, 0.717) is 28.0 Å². The van der Waals surface area contributed by atoms with Crippen molar-refractivity contribution in [2.45, 2.75) is 32.0 Å². The molecule has 0 saturated carbocycles. The van der Waals surface area contributed by atoms with Gasteiger partial charge in [0, 0.05) is 24.4 Å². The van der Waals surface area contributed by atoms with E-state index >= 15 is 0 Å². The molecule has 1 atom stereocenters. The van der Waals surface area contributed by atoms with Crippen molar-refractivity contribution in [2.75, 3.05) is 18.2 Å². The van der Waals surface area contributed by atoms with E-state index < -0.39 is 0 Å². The Morgan fingerprint density at radius 1 is 1.12 bits per heavy atom. The van der Waals surface area contributed by atoms with Crippen LogP contribution < -0.4 is 15.4 Å². The van der Waals surface area contributed by atoms with E-state index in [0.717, 1.165) is 5.56 Å². The lowest BCUT2D eigenvalue weighted by atomic mass is 10.0. The van der Waals surface area contributed by atoms with E-state index in [1.54, 1.807) is 25.3 Å². The number of rotatable bonds is 9. The number of aromatic nitrogens is 3. The third-order valence-electron chi connectivity index (χ3n) is 5.07. The SMILES string of the molecule is COc1cccc(NC(=O)CSc2nnc([C@@H](NC(=O)c3cccc(C)c3)C(C)C)n2C)c1. The van der Waals surface area contributed by atoms with Crippen LogP contribution in [0.1, 0.15) is 41.6 Å². The van der Waals surface area contributed by atoms with Crippen LogP contribution in [0.4, 0.5) is 5.69 Å². The van der Waals surface area contributed by atoms with Crippen molar-refractivity contribution in [3.05, 3.63) is 65.5 Å². The van der Waals surface area contributed by atoms with Gasteiger partial charge in [-0.25, -0.2) is 0 Å². The summed E-state index contributed by atoms with van der Waals surface area (Å²) in [5, 5.41) is 15.1. The number of nitrogens with zero attached hydrogens (tertiary/aromatic N) is 3. The largest absolute Gasteiger partial charge is 0.497 e. The Bertz CT molecular complexity index is 1130. The Morgan fingerprint density at radius 2 is 1.88 bits per heavy atom. The minimum absolute atomic E-state index is 0.0934. The fourth-order valence-corrected chi connectivity index (χ4v) is 4.01. The van der Waals surface area contributed by atoms with Gasteiger partial charge in [0.1, 0.15) is 5.75 Å². The third kappa shape index (κ3) is 6.35. The molecule has 8 nitrogen and oxygen atoms in total. The Hall–Kier alpha value is -3.33. The summed E-state index contributed by atoms with van der Waals surface area (Å²) in [5.41, 5.74) is 2.29. The number of ether oxygens (including phenoxy) is 1. The van der Waals surface area contributed by atoms with Crippen molar-refractivity contribution in [1.82, 2.24) is 20.1 Å². The van der Waals surface area contributed by atoms with Crippen molar-refractivity contribution in [3.8, 4) is 5.75 Å². The highest BCUT2D eigenvalue weighted by Crippen LogP contribution is 2.25. The van der Waals surface area contributed by atoms with Crippen LogP contribution in [0, 0.1) is 12.8 Å². The highest BCUT2D eigenvalue weighted by atomic mass is 32.2. The highest BCUT2D eigenvalue weighted by molar-refractivity contribution is 7.99. The van der Waals surface area contributed by atoms with Crippen molar-refractivity contribution in [3.63, 3.8) is 0 Å². The van der Waals surface area contributed by atoms with Crippen molar-refractivity contribution in [2.24, 2.45) is 13.0 Å². The van der Waals surface area contributed by atoms with Crippen LogP contribution in [-0.2, 0) is 11.8 Å². The third-order valence-corrected chi connectivity index (χ3v) is 6.09. The van der Waals surface area contributed by atoms with Crippen molar-refractivity contribution >= 4 is 29.3 Å². The summed E-state index contributed by atoms with van der Waals surface area (Å²) < 4.78 is 7.00. The molecule has 0 aliphatic heterocycles. The van der Waals surface area contributed by atoms with E-state index in [9.17, 15) is 9.59 Å². The van der Waals surface area contributed by atoms with Gasteiger partial charge in [0.05, 0.1) is 18.9 Å². The minimum atomic E-state index is -0.324. The number of thioether (sulfide) groups is 1. The maximum atomic E-state index is 12.8. The van der Waals surface area contributed by atoms with Gasteiger partial charge in [-0.15, -0.1) is 10.2 Å². The zero-order valence-corrected chi connectivity index (χ0v) is 20.3. The van der Waals surface area contributed by atoms with Gasteiger partial charge < -0.3 is 19.9 Å². The molecule has 0 spiro atoms. The summed E-state index contributed by atoms with van der Waals surface area (Å²) in [6.45, 7) is 5.99. The van der Waals surface area contributed by atoms with Gasteiger partial charge in [0.25, 0.3) is 5.91 Å². The van der Waals surface area contributed by atoms with Crippen LogP contribution in [0.15, 0.2) is 53.7 Å². The first-order chi connectivity index (χ1) is 15.8. The summed E-state index contributed by atoms with van der Waals surface area (Å²) in [6, 6.07) is 14.3. The first-order valence-electron chi connectivity index (χ1n) is 10.6. The Morgan fingerprint density at radius 3 is 2.58 bits per heavy atom. The number of benzene rings is 2.